The van der Waals surface area contributed by atoms with E-state index in [1.165, 1.54) is 0 Å². The minimum absolute atomic E-state index is 0.107. The lowest BCUT2D eigenvalue weighted by Gasteiger charge is -2.06. The van der Waals surface area contributed by atoms with E-state index in [1.807, 2.05) is 18.2 Å². The van der Waals surface area contributed by atoms with E-state index in [4.69, 9.17) is 16.3 Å². The van der Waals surface area contributed by atoms with Crippen molar-refractivity contribution in [3.05, 3.63) is 59.2 Å². The van der Waals surface area contributed by atoms with Crippen LogP contribution in [0.5, 0.6) is 5.75 Å². The summed E-state index contributed by atoms with van der Waals surface area (Å²) in [5.74, 6) is 0.413. The molecule has 1 heterocycles. The first-order valence-electron chi connectivity index (χ1n) is 8.55. The van der Waals surface area contributed by atoms with E-state index in [2.05, 4.69) is 15.6 Å². The molecule has 0 spiro atoms. The molecule has 0 fully saturated rings. The van der Waals surface area contributed by atoms with E-state index in [0.29, 0.717) is 35.8 Å². The molecule has 3 rings (SSSR count). The van der Waals surface area contributed by atoms with Gasteiger partial charge in [0.1, 0.15) is 11.4 Å². The number of halogens is 1. The van der Waals surface area contributed by atoms with E-state index in [1.54, 1.807) is 37.4 Å². The highest BCUT2D eigenvalue weighted by Crippen LogP contribution is 2.21. The summed E-state index contributed by atoms with van der Waals surface area (Å²) in [5, 5.41) is 7.16. The molecule has 0 unspecified atom stereocenters. The van der Waals surface area contributed by atoms with Crippen molar-refractivity contribution < 1.29 is 14.3 Å². The van der Waals surface area contributed by atoms with Crippen LogP contribution in [0.3, 0.4) is 0 Å². The number of hydrogen-bond donors (Lipinski definition) is 3. The number of hydrogen-bond acceptors (Lipinski definition) is 3. The van der Waals surface area contributed by atoms with E-state index in [9.17, 15) is 9.59 Å². The van der Waals surface area contributed by atoms with Crippen LogP contribution in [-0.2, 0) is 4.79 Å². The summed E-state index contributed by atoms with van der Waals surface area (Å²) in [6.45, 7) is 0.408. The Balaban J connectivity index is 1.45. The van der Waals surface area contributed by atoms with Crippen LogP contribution in [-0.4, -0.2) is 30.5 Å². The minimum Gasteiger partial charge on any atom is -0.497 e. The summed E-state index contributed by atoms with van der Waals surface area (Å²) < 4.78 is 5.18. The second-order valence-electron chi connectivity index (χ2n) is 6.05. The van der Waals surface area contributed by atoms with Gasteiger partial charge in [0, 0.05) is 40.6 Å². The summed E-state index contributed by atoms with van der Waals surface area (Å²) >= 11 is 5.81. The number of anilines is 1. The standard InChI is InChI=1S/C20H20ClN3O3/c1-27-16-9-4-13-11-18(24-17(13)12-16)20(26)22-10-2-3-19(25)23-15-7-5-14(21)6-8-15/h4-9,11-12,24H,2-3,10H2,1H3,(H,22,26)(H,23,25). The molecule has 0 atom stereocenters. The Morgan fingerprint density at radius 3 is 2.63 bits per heavy atom. The summed E-state index contributed by atoms with van der Waals surface area (Å²) in [6, 6.07) is 14.3. The molecule has 3 aromatic rings. The average Bonchev–Trinajstić information content (AvgIpc) is 3.10. The van der Waals surface area contributed by atoms with Crippen LogP contribution in [0.15, 0.2) is 48.5 Å². The number of aromatic amines is 1. The molecule has 7 heteroatoms. The van der Waals surface area contributed by atoms with Crippen molar-refractivity contribution in [3.8, 4) is 5.75 Å². The third-order valence-electron chi connectivity index (χ3n) is 4.07. The SMILES string of the molecule is COc1ccc2cc(C(=O)NCCCC(=O)Nc3ccc(Cl)cc3)[nH]c2c1. The number of fused-ring (bicyclic) bond motifs is 1. The van der Waals surface area contributed by atoms with Crippen molar-refractivity contribution in [2.45, 2.75) is 12.8 Å². The zero-order valence-electron chi connectivity index (χ0n) is 14.8. The molecular weight excluding hydrogens is 366 g/mol. The van der Waals surface area contributed by atoms with Crippen LogP contribution >= 0.6 is 11.6 Å². The van der Waals surface area contributed by atoms with Crippen molar-refractivity contribution in [2.24, 2.45) is 0 Å². The Hall–Kier alpha value is -2.99. The number of ether oxygens (including phenoxy) is 1. The lowest BCUT2D eigenvalue weighted by molar-refractivity contribution is -0.116. The van der Waals surface area contributed by atoms with Crippen LogP contribution in [0.4, 0.5) is 5.69 Å². The third-order valence-corrected chi connectivity index (χ3v) is 4.32. The zero-order valence-corrected chi connectivity index (χ0v) is 15.6. The predicted molar refractivity (Wildman–Crippen MR) is 106 cm³/mol. The summed E-state index contributed by atoms with van der Waals surface area (Å²) in [4.78, 5) is 27.2. The second kappa shape index (κ2) is 8.60. The number of benzene rings is 2. The number of amides is 2. The van der Waals surface area contributed by atoms with Gasteiger partial charge in [0.05, 0.1) is 7.11 Å². The van der Waals surface area contributed by atoms with E-state index >= 15 is 0 Å². The van der Waals surface area contributed by atoms with Crippen LogP contribution in [0.25, 0.3) is 10.9 Å². The minimum atomic E-state index is -0.205. The predicted octanol–water partition coefficient (Wildman–Crippen LogP) is 3.98. The van der Waals surface area contributed by atoms with Crippen LogP contribution in [0.1, 0.15) is 23.3 Å². The van der Waals surface area contributed by atoms with Gasteiger partial charge >= 0.3 is 0 Å². The molecule has 0 bridgehead atoms. The molecule has 3 N–H and O–H groups in total. The highest BCUT2D eigenvalue weighted by Gasteiger charge is 2.10. The fourth-order valence-corrected chi connectivity index (χ4v) is 2.78. The molecule has 2 aromatic carbocycles. The molecule has 27 heavy (non-hydrogen) atoms. The van der Waals surface area contributed by atoms with Gasteiger partial charge in [-0.25, -0.2) is 0 Å². The van der Waals surface area contributed by atoms with Crippen molar-refractivity contribution in [2.75, 3.05) is 19.0 Å². The van der Waals surface area contributed by atoms with Crippen LogP contribution in [0.2, 0.25) is 5.02 Å². The van der Waals surface area contributed by atoms with E-state index < -0.39 is 0 Å². The quantitative estimate of drug-likeness (QED) is 0.538. The molecule has 0 saturated carbocycles. The van der Waals surface area contributed by atoms with Gasteiger partial charge in [-0.15, -0.1) is 0 Å². The van der Waals surface area contributed by atoms with E-state index in [-0.39, 0.29) is 11.8 Å². The summed E-state index contributed by atoms with van der Waals surface area (Å²) in [5.41, 5.74) is 2.01. The maximum atomic E-state index is 12.2. The fraction of sp³-hybridized carbons (Fsp3) is 0.200. The van der Waals surface area contributed by atoms with Gasteiger partial charge in [0.2, 0.25) is 5.91 Å². The Morgan fingerprint density at radius 2 is 1.89 bits per heavy atom. The Kier molecular flexibility index (Phi) is 5.98. The van der Waals surface area contributed by atoms with Crippen molar-refractivity contribution in [1.82, 2.24) is 10.3 Å². The molecule has 6 nitrogen and oxygen atoms in total. The van der Waals surface area contributed by atoms with Gasteiger partial charge in [-0.3, -0.25) is 9.59 Å². The Labute approximate surface area is 161 Å². The molecule has 0 radical (unpaired) electrons. The maximum Gasteiger partial charge on any atom is 0.267 e. The van der Waals surface area contributed by atoms with Gasteiger partial charge in [-0.2, -0.15) is 0 Å². The fourth-order valence-electron chi connectivity index (χ4n) is 2.66. The molecule has 0 aliphatic carbocycles. The molecule has 1 aromatic heterocycles. The van der Waals surface area contributed by atoms with Crippen molar-refractivity contribution >= 4 is 40.0 Å². The van der Waals surface area contributed by atoms with Gasteiger partial charge in [-0.05, 0) is 48.9 Å². The van der Waals surface area contributed by atoms with Crippen LogP contribution in [0, 0.1) is 0 Å². The molecule has 140 valence electrons. The maximum absolute atomic E-state index is 12.2. The summed E-state index contributed by atoms with van der Waals surface area (Å²) in [7, 11) is 1.60. The van der Waals surface area contributed by atoms with Gasteiger partial charge in [-0.1, -0.05) is 11.6 Å². The summed E-state index contributed by atoms with van der Waals surface area (Å²) in [6.07, 6.45) is 0.853. The van der Waals surface area contributed by atoms with Crippen LogP contribution < -0.4 is 15.4 Å². The number of aromatic nitrogens is 1. The topological polar surface area (TPSA) is 83.2 Å². The number of H-pyrrole nitrogens is 1. The average molecular weight is 386 g/mol. The highest BCUT2D eigenvalue weighted by atomic mass is 35.5. The third kappa shape index (κ3) is 5.01. The number of carbonyl (C=O) groups is 2. The monoisotopic (exact) mass is 385 g/mol. The first-order valence-corrected chi connectivity index (χ1v) is 8.93. The van der Waals surface area contributed by atoms with Crippen molar-refractivity contribution in [3.63, 3.8) is 0 Å². The zero-order chi connectivity index (χ0) is 19.2. The van der Waals surface area contributed by atoms with Gasteiger partial charge in [0.15, 0.2) is 0 Å². The Bertz CT molecular complexity index is 951. The molecule has 2 amide bonds. The first kappa shape index (κ1) is 18.8. The largest absolute Gasteiger partial charge is 0.497 e. The number of methoxy groups -OCH3 is 1. The molecule has 0 aliphatic heterocycles. The Morgan fingerprint density at radius 1 is 1.11 bits per heavy atom. The second-order valence-corrected chi connectivity index (χ2v) is 6.49. The highest BCUT2D eigenvalue weighted by molar-refractivity contribution is 6.30. The van der Waals surface area contributed by atoms with E-state index in [0.717, 1.165) is 16.7 Å². The van der Waals surface area contributed by atoms with Crippen molar-refractivity contribution in [1.29, 1.82) is 0 Å². The first-order chi connectivity index (χ1) is 13.0. The van der Waals surface area contributed by atoms with Gasteiger partial charge < -0.3 is 20.4 Å². The molecular formula is C20H20ClN3O3. The number of nitrogens with one attached hydrogen (secondary N) is 3. The van der Waals surface area contributed by atoms with Gasteiger partial charge in [0.25, 0.3) is 5.91 Å². The number of carbonyl (C=O) groups excluding carboxylic acids is 2. The lowest BCUT2D eigenvalue weighted by Crippen LogP contribution is -2.25. The normalized spacial score (nSPS) is 10.6. The number of rotatable bonds is 7. The molecule has 0 saturated heterocycles. The molecule has 0 aliphatic rings. The smallest absolute Gasteiger partial charge is 0.267 e. The lowest BCUT2D eigenvalue weighted by atomic mass is 10.2.